The molecule has 0 atom stereocenters. The van der Waals surface area contributed by atoms with Crippen LogP contribution in [0, 0.1) is 27.3 Å². The van der Waals surface area contributed by atoms with Crippen LogP contribution >= 0.6 is 0 Å². The molecule has 172 valence electrons. The third-order valence-electron chi connectivity index (χ3n) is 4.71. The van der Waals surface area contributed by atoms with Gasteiger partial charge in [0, 0.05) is 6.54 Å². The monoisotopic (exact) mass is 474 g/mol. The van der Waals surface area contributed by atoms with Gasteiger partial charge in [-0.05, 0) is 49.2 Å². The summed E-state index contributed by atoms with van der Waals surface area (Å²) in [6, 6.07) is 10.8. The number of nitrogens with zero attached hydrogens (tertiary/aromatic N) is 4. The molecule has 0 radical (unpaired) electrons. The number of methoxy groups -OCH3 is 1. The van der Waals surface area contributed by atoms with Crippen LogP contribution in [0.3, 0.4) is 0 Å². The Morgan fingerprint density at radius 2 is 2.00 bits per heavy atom. The molecule has 3 aromatic rings. The van der Waals surface area contributed by atoms with Crippen molar-refractivity contribution in [2.75, 3.05) is 19.4 Å². The summed E-state index contributed by atoms with van der Waals surface area (Å²) in [6.07, 6.45) is 0.437. The van der Waals surface area contributed by atoms with Gasteiger partial charge in [0.2, 0.25) is 10.0 Å². The fourth-order valence-corrected chi connectivity index (χ4v) is 4.31. The van der Waals surface area contributed by atoms with Gasteiger partial charge in [-0.2, -0.15) is 10.4 Å². The van der Waals surface area contributed by atoms with Crippen LogP contribution in [-0.2, 0) is 16.4 Å². The molecule has 1 aromatic heterocycles. The summed E-state index contributed by atoms with van der Waals surface area (Å²) in [4.78, 5) is 9.98. The van der Waals surface area contributed by atoms with Crippen LogP contribution < -0.4 is 15.2 Å². The molecule has 0 aliphatic rings. The van der Waals surface area contributed by atoms with E-state index in [0.29, 0.717) is 11.4 Å². The normalized spacial score (nSPS) is 11.2. The zero-order chi connectivity index (χ0) is 24.2. The van der Waals surface area contributed by atoms with Gasteiger partial charge >= 0.3 is 0 Å². The largest absolute Gasteiger partial charge is 0.497 e. The van der Waals surface area contributed by atoms with E-state index in [9.17, 15) is 28.2 Å². The molecule has 0 aliphatic heterocycles. The van der Waals surface area contributed by atoms with Crippen molar-refractivity contribution in [3.63, 3.8) is 0 Å². The smallest absolute Gasteiger partial charge is 0.293 e. The molecule has 0 spiro atoms. The minimum Gasteiger partial charge on any atom is -0.497 e. The molecule has 13 heteroatoms. The van der Waals surface area contributed by atoms with Crippen molar-refractivity contribution in [3.05, 3.63) is 69.7 Å². The average molecular weight is 474 g/mol. The molecule has 33 heavy (non-hydrogen) atoms. The number of nitro groups is 1. The summed E-state index contributed by atoms with van der Waals surface area (Å²) < 4.78 is 46.9. The first-order chi connectivity index (χ1) is 15.7. The predicted octanol–water partition coefficient (Wildman–Crippen LogP) is 2.29. The van der Waals surface area contributed by atoms with Crippen LogP contribution in [0.1, 0.15) is 17.7 Å². The molecule has 0 bridgehead atoms. The van der Waals surface area contributed by atoms with E-state index in [2.05, 4.69) is 9.82 Å². The highest BCUT2D eigenvalue weighted by atomic mass is 32.2. The van der Waals surface area contributed by atoms with Gasteiger partial charge in [0.1, 0.15) is 29.0 Å². The molecule has 0 amide bonds. The fraction of sp³-hybridized carbons (Fsp3) is 0.200. The molecule has 11 nitrogen and oxygen atoms in total. The number of sulfonamides is 1. The second-order valence-electron chi connectivity index (χ2n) is 6.80. The number of nitrogen functional groups attached to an aromatic ring is 1. The number of ether oxygens (including phenoxy) is 1. The Balaban J connectivity index is 1.72. The van der Waals surface area contributed by atoms with E-state index < -0.39 is 31.3 Å². The Hall–Kier alpha value is -4.02. The maximum atomic E-state index is 13.2. The molecule has 0 saturated heterocycles. The minimum absolute atomic E-state index is 0.0697. The summed E-state index contributed by atoms with van der Waals surface area (Å²) in [5.74, 6) is -0.206. The third kappa shape index (κ3) is 5.08. The highest BCUT2D eigenvalue weighted by molar-refractivity contribution is 7.89. The number of nitrogens with one attached hydrogen (secondary N) is 1. The molecular weight excluding hydrogens is 455 g/mol. The van der Waals surface area contributed by atoms with Gasteiger partial charge in [0.15, 0.2) is 4.90 Å². The van der Waals surface area contributed by atoms with Crippen LogP contribution in [0.15, 0.2) is 47.4 Å². The van der Waals surface area contributed by atoms with Gasteiger partial charge < -0.3 is 10.5 Å². The Labute approximate surface area is 188 Å². The molecule has 0 saturated carbocycles. The quantitative estimate of drug-likeness (QED) is 0.271. The maximum absolute atomic E-state index is 13.2. The lowest BCUT2D eigenvalue weighted by molar-refractivity contribution is -0.387. The minimum atomic E-state index is -4.18. The molecule has 3 N–H and O–H groups in total. The summed E-state index contributed by atoms with van der Waals surface area (Å²) in [5.41, 5.74) is 6.33. The highest BCUT2D eigenvalue weighted by Gasteiger charge is 2.26. The van der Waals surface area contributed by atoms with Gasteiger partial charge in [-0.3, -0.25) is 10.1 Å². The number of aromatic nitrogens is 2. The van der Waals surface area contributed by atoms with Gasteiger partial charge in [0.25, 0.3) is 5.69 Å². The Morgan fingerprint density at radius 3 is 2.61 bits per heavy atom. The molecule has 0 aliphatic carbocycles. The predicted molar refractivity (Wildman–Crippen MR) is 116 cm³/mol. The topological polar surface area (TPSA) is 166 Å². The first kappa shape index (κ1) is 23.6. The van der Waals surface area contributed by atoms with Gasteiger partial charge in [0.05, 0.1) is 29.5 Å². The van der Waals surface area contributed by atoms with E-state index in [1.165, 1.54) is 42.1 Å². The van der Waals surface area contributed by atoms with E-state index in [4.69, 9.17) is 10.5 Å². The lowest BCUT2D eigenvalue weighted by Gasteiger charge is -2.08. The Kier molecular flexibility index (Phi) is 6.90. The van der Waals surface area contributed by atoms with Crippen molar-refractivity contribution in [1.82, 2.24) is 14.5 Å². The SMILES string of the molecule is COc1ccc(S(=O)(=O)NCCCc2nn(-c3ccc(F)cc3)c(N)c2C#N)c([N+](=O)[O-])c1. The third-order valence-corrected chi connectivity index (χ3v) is 6.22. The van der Waals surface area contributed by atoms with E-state index in [0.717, 1.165) is 12.1 Å². The number of halogens is 1. The van der Waals surface area contributed by atoms with Crippen LogP contribution in [0.25, 0.3) is 5.69 Å². The number of nitrogens with two attached hydrogens (primary N) is 1. The van der Waals surface area contributed by atoms with Crippen LogP contribution in [0.4, 0.5) is 15.9 Å². The Bertz CT molecular complexity index is 1330. The molecule has 0 fully saturated rings. The summed E-state index contributed by atoms with van der Waals surface area (Å²) in [5, 5.41) is 25.0. The average Bonchev–Trinajstić information content (AvgIpc) is 3.11. The fourth-order valence-electron chi connectivity index (χ4n) is 3.09. The number of hydrogen-bond donors (Lipinski definition) is 2. The maximum Gasteiger partial charge on any atom is 0.293 e. The van der Waals surface area contributed by atoms with Gasteiger partial charge in [-0.1, -0.05) is 0 Å². The zero-order valence-corrected chi connectivity index (χ0v) is 18.2. The second kappa shape index (κ2) is 9.63. The zero-order valence-electron chi connectivity index (χ0n) is 17.4. The van der Waals surface area contributed by atoms with E-state index in [1.807, 2.05) is 6.07 Å². The molecule has 1 heterocycles. The van der Waals surface area contributed by atoms with E-state index >= 15 is 0 Å². The van der Waals surface area contributed by atoms with Crippen molar-refractivity contribution in [2.45, 2.75) is 17.7 Å². The first-order valence-corrected chi connectivity index (χ1v) is 11.0. The van der Waals surface area contributed by atoms with Crippen molar-refractivity contribution in [2.24, 2.45) is 0 Å². The number of hydrogen-bond acceptors (Lipinski definition) is 8. The standard InChI is InChI=1S/C20H19FN6O5S/c1-32-15-8-9-19(18(11-15)27(28)29)33(30,31)24-10-2-3-17-16(12-22)20(23)26(25-17)14-6-4-13(21)5-7-14/h4-9,11,24H,2-3,10,23H2,1H3. The van der Waals surface area contributed by atoms with Gasteiger partial charge in [-0.25, -0.2) is 22.2 Å². The van der Waals surface area contributed by atoms with Crippen molar-refractivity contribution >= 4 is 21.5 Å². The lowest BCUT2D eigenvalue weighted by Crippen LogP contribution is -2.26. The Morgan fingerprint density at radius 1 is 1.30 bits per heavy atom. The van der Waals surface area contributed by atoms with Crippen molar-refractivity contribution in [1.29, 1.82) is 5.26 Å². The van der Waals surface area contributed by atoms with Crippen molar-refractivity contribution < 1.29 is 22.5 Å². The number of nitriles is 1. The number of rotatable bonds is 9. The van der Waals surface area contributed by atoms with E-state index in [-0.39, 0.29) is 36.5 Å². The summed E-state index contributed by atoms with van der Waals surface area (Å²) in [7, 11) is -2.87. The second-order valence-corrected chi connectivity index (χ2v) is 8.53. The first-order valence-electron chi connectivity index (χ1n) is 9.53. The van der Waals surface area contributed by atoms with Crippen molar-refractivity contribution in [3.8, 4) is 17.5 Å². The number of benzene rings is 2. The molecule has 0 unspecified atom stereocenters. The summed E-state index contributed by atoms with van der Waals surface area (Å²) >= 11 is 0. The van der Waals surface area contributed by atoms with Crippen LogP contribution in [0.5, 0.6) is 5.75 Å². The number of anilines is 1. The van der Waals surface area contributed by atoms with Crippen LogP contribution in [-0.4, -0.2) is 36.8 Å². The summed E-state index contributed by atoms with van der Waals surface area (Å²) in [6.45, 7) is -0.0697. The number of nitro benzene ring substituents is 1. The van der Waals surface area contributed by atoms with Crippen LogP contribution in [0.2, 0.25) is 0 Å². The highest BCUT2D eigenvalue weighted by Crippen LogP contribution is 2.28. The van der Waals surface area contributed by atoms with Gasteiger partial charge in [-0.15, -0.1) is 0 Å². The molecule has 3 rings (SSSR count). The molecule has 2 aromatic carbocycles. The lowest BCUT2D eigenvalue weighted by atomic mass is 10.1. The van der Waals surface area contributed by atoms with E-state index in [1.54, 1.807) is 0 Å². The number of aryl methyl sites for hydroxylation is 1. The molecular formula is C20H19FN6O5S.